The number of alkyl halides is 3. The van der Waals surface area contributed by atoms with Crippen molar-refractivity contribution in [2.24, 2.45) is 4.99 Å². The number of aliphatic imine (C=N–C) groups is 1. The Morgan fingerprint density at radius 2 is 1.81 bits per heavy atom. The number of halogens is 4. The molecule has 0 aliphatic carbocycles. The number of benzene rings is 2. The van der Waals surface area contributed by atoms with Crippen molar-refractivity contribution in [2.75, 3.05) is 7.11 Å². The zero-order valence-electron chi connectivity index (χ0n) is 17.1. The smallest absolute Gasteiger partial charge is 0.422 e. The second-order valence-corrected chi connectivity index (χ2v) is 7.85. The van der Waals surface area contributed by atoms with Gasteiger partial charge in [0.1, 0.15) is 11.6 Å². The van der Waals surface area contributed by atoms with Gasteiger partial charge in [0.25, 0.3) is 0 Å². The number of aromatic nitrogens is 2. The van der Waals surface area contributed by atoms with Crippen molar-refractivity contribution in [1.29, 1.82) is 0 Å². The average molecular weight is 435 g/mol. The Balaban J connectivity index is 2.03. The highest BCUT2D eigenvalue weighted by atomic mass is 19.4. The Kier molecular flexibility index (Phi) is 6.00. The van der Waals surface area contributed by atoms with Gasteiger partial charge in [0.15, 0.2) is 5.60 Å². The lowest BCUT2D eigenvalue weighted by atomic mass is 9.74. The number of rotatable bonds is 6. The van der Waals surface area contributed by atoms with Crippen molar-refractivity contribution in [1.82, 2.24) is 10.2 Å². The zero-order valence-corrected chi connectivity index (χ0v) is 17.1. The molecule has 0 saturated heterocycles. The summed E-state index contributed by atoms with van der Waals surface area (Å²) in [4.78, 5) is 3.94. The molecule has 0 fully saturated rings. The minimum Gasteiger partial charge on any atom is -0.496 e. The van der Waals surface area contributed by atoms with E-state index in [9.17, 15) is 22.7 Å². The van der Waals surface area contributed by atoms with Crippen molar-refractivity contribution < 1.29 is 27.4 Å². The summed E-state index contributed by atoms with van der Waals surface area (Å²) in [5.41, 5.74) is -4.19. The molecule has 1 aromatic heterocycles. The van der Waals surface area contributed by atoms with Gasteiger partial charge in [-0.2, -0.15) is 23.4 Å². The maximum Gasteiger partial charge on any atom is 0.422 e. The van der Waals surface area contributed by atoms with Crippen molar-refractivity contribution in [3.63, 3.8) is 0 Å². The van der Waals surface area contributed by atoms with Crippen LogP contribution in [0.25, 0.3) is 10.8 Å². The monoisotopic (exact) mass is 435 g/mol. The minimum absolute atomic E-state index is 0.200. The van der Waals surface area contributed by atoms with Crippen molar-refractivity contribution >= 4 is 22.7 Å². The summed E-state index contributed by atoms with van der Waals surface area (Å²) < 4.78 is 60.9. The van der Waals surface area contributed by atoms with Crippen LogP contribution in [0, 0.1) is 5.82 Å². The topological polar surface area (TPSA) is 67.6 Å². The van der Waals surface area contributed by atoms with E-state index in [1.807, 2.05) is 0 Å². The van der Waals surface area contributed by atoms with Gasteiger partial charge in [0.2, 0.25) is 0 Å². The van der Waals surface area contributed by atoms with Crippen LogP contribution in [0.15, 0.2) is 53.8 Å². The Morgan fingerprint density at radius 3 is 2.48 bits per heavy atom. The molecule has 0 aliphatic rings. The molecule has 31 heavy (non-hydrogen) atoms. The SMILES string of the molecule is COc1ccc(F)cc1C(C)(C)CC(O)(C=Nc1cccc2cnncc12)C(F)(F)F. The van der Waals surface area contributed by atoms with Crippen LogP contribution in [-0.4, -0.2) is 40.4 Å². The number of hydrogen-bond donors (Lipinski definition) is 1. The summed E-state index contributed by atoms with van der Waals surface area (Å²) in [5, 5.41) is 19.3. The van der Waals surface area contributed by atoms with Crippen LogP contribution in [0.1, 0.15) is 25.8 Å². The predicted molar refractivity (Wildman–Crippen MR) is 109 cm³/mol. The Morgan fingerprint density at radius 1 is 1.10 bits per heavy atom. The molecule has 1 heterocycles. The number of aliphatic hydroxyl groups is 1. The molecule has 9 heteroatoms. The molecule has 2 aromatic carbocycles. The van der Waals surface area contributed by atoms with Gasteiger partial charge in [0.05, 0.1) is 25.2 Å². The van der Waals surface area contributed by atoms with Crippen LogP contribution in [0.4, 0.5) is 23.2 Å². The molecule has 1 N–H and O–H groups in total. The fourth-order valence-electron chi connectivity index (χ4n) is 3.50. The maximum absolute atomic E-state index is 14.0. The molecular weight excluding hydrogens is 414 g/mol. The standard InChI is InChI=1S/C22H21F4N3O2/c1-20(2,17-9-15(23)7-8-19(17)31-3)12-21(30,22(24,25)26)13-27-18-6-4-5-14-10-28-29-11-16(14)18/h4-11,13,30H,12H2,1-3H3. The third-order valence-electron chi connectivity index (χ3n) is 5.08. The van der Waals surface area contributed by atoms with Gasteiger partial charge in [-0.25, -0.2) is 4.39 Å². The number of methoxy groups -OCH3 is 1. The molecule has 1 atom stereocenters. The Hall–Kier alpha value is -3.07. The van der Waals surface area contributed by atoms with E-state index in [0.29, 0.717) is 17.0 Å². The quantitative estimate of drug-likeness (QED) is 0.430. The van der Waals surface area contributed by atoms with E-state index in [0.717, 1.165) is 12.1 Å². The molecule has 0 saturated carbocycles. The predicted octanol–water partition coefficient (Wildman–Crippen LogP) is 5.14. The molecule has 0 radical (unpaired) electrons. The molecular formula is C22H21F4N3O2. The second kappa shape index (κ2) is 8.22. The van der Waals surface area contributed by atoms with Crippen LogP contribution in [0.3, 0.4) is 0 Å². The Bertz CT molecular complexity index is 1110. The normalized spacial score (nSPS) is 14.7. The largest absolute Gasteiger partial charge is 0.496 e. The van der Waals surface area contributed by atoms with E-state index in [4.69, 9.17) is 4.74 Å². The van der Waals surface area contributed by atoms with Gasteiger partial charge in [-0.1, -0.05) is 26.0 Å². The first-order valence-electron chi connectivity index (χ1n) is 9.35. The summed E-state index contributed by atoms with van der Waals surface area (Å²) in [6.45, 7) is 2.95. The fourth-order valence-corrected chi connectivity index (χ4v) is 3.50. The highest BCUT2D eigenvalue weighted by Gasteiger charge is 2.55. The highest BCUT2D eigenvalue weighted by molar-refractivity contribution is 5.93. The molecule has 1 unspecified atom stereocenters. The van der Waals surface area contributed by atoms with Crippen LogP contribution in [0.2, 0.25) is 0 Å². The third kappa shape index (κ3) is 4.66. The van der Waals surface area contributed by atoms with Crippen molar-refractivity contribution in [3.8, 4) is 5.75 Å². The first kappa shape index (κ1) is 22.6. The van der Waals surface area contributed by atoms with E-state index in [2.05, 4.69) is 15.2 Å². The Labute approximate surface area is 176 Å². The minimum atomic E-state index is -5.03. The number of ether oxygens (including phenoxy) is 1. The molecule has 3 rings (SSSR count). The fraction of sp³-hybridized carbons (Fsp3) is 0.318. The second-order valence-electron chi connectivity index (χ2n) is 7.85. The lowest BCUT2D eigenvalue weighted by Gasteiger charge is -2.36. The van der Waals surface area contributed by atoms with E-state index in [1.165, 1.54) is 45.5 Å². The average Bonchev–Trinajstić information content (AvgIpc) is 2.71. The van der Waals surface area contributed by atoms with E-state index in [-0.39, 0.29) is 17.0 Å². The number of fused-ring (bicyclic) bond motifs is 1. The first-order valence-corrected chi connectivity index (χ1v) is 9.35. The van der Waals surface area contributed by atoms with Crippen molar-refractivity contribution in [2.45, 2.75) is 37.5 Å². The summed E-state index contributed by atoms with van der Waals surface area (Å²) in [6.07, 6.45) is -2.51. The third-order valence-corrected chi connectivity index (χ3v) is 5.08. The number of hydrogen-bond acceptors (Lipinski definition) is 5. The lowest BCUT2D eigenvalue weighted by molar-refractivity contribution is -0.234. The molecule has 0 amide bonds. The van der Waals surface area contributed by atoms with Crippen molar-refractivity contribution in [3.05, 3.63) is 60.2 Å². The van der Waals surface area contributed by atoms with E-state index < -0.39 is 29.4 Å². The summed E-state index contributed by atoms with van der Waals surface area (Å²) >= 11 is 0. The summed E-state index contributed by atoms with van der Waals surface area (Å²) in [7, 11) is 1.34. The molecule has 0 bridgehead atoms. The summed E-state index contributed by atoms with van der Waals surface area (Å²) in [6, 6.07) is 8.45. The molecule has 5 nitrogen and oxygen atoms in total. The molecule has 164 valence electrons. The van der Waals surface area contributed by atoms with Gasteiger partial charge >= 0.3 is 6.18 Å². The van der Waals surface area contributed by atoms with Gasteiger partial charge < -0.3 is 9.84 Å². The maximum atomic E-state index is 14.0. The van der Waals surface area contributed by atoms with Crippen LogP contribution in [-0.2, 0) is 5.41 Å². The number of nitrogens with zero attached hydrogens (tertiary/aromatic N) is 3. The summed E-state index contributed by atoms with van der Waals surface area (Å²) in [5.74, 6) is -0.398. The van der Waals surface area contributed by atoms with Gasteiger partial charge in [-0.3, -0.25) is 4.99 Å². The molecule has 0 spiro atoms. The lowest BCUT2D eigenvalue weighted by Crippen LogP contribution is -2.50. The molecule has 0 aliphatic heterocycles. The highest BCUT2D eigenvalue weighted by Crippen LogP contribution is 2.43. The van der Waals surface area contributed by atoms with E-state index in [1.54, 1.807) is 12.1 Å². The van der Waals surface area contributed by atoms with Crippen LogP contribution in [0.5, 0.6) is 5.75 Å². The van der Waals surface area contributed by atoms with E-state index >= 15 is 0 Å². The first-order chi connectivity index (χ1) is 14.5. The molecule has 3 aromatic rings. The van der Waals surface area contributed by atoms with Gasteiger partial charge in [0, 0.05) is 22.6 Å². The van der Waals surface area contributed by atoms with Gasteiger partial charge in [-0.05, 0) is 36.1 Å². The zero-order chi connectivity index (χ0) is 22.9. The van der Waals surface area contributed by atoms with Gasteiger partial charge in [-0.15, -0.1) is 0 Å². The van der Waals surface area contributed by atoms with Crippen LogP contribution < -0.4 is 4.74 Å². The van der Waals surface area contributed by atoms with Crippen LogP contribution >= 0.6 is 0 Å².